The van der Waals surface area contributed by atoms with Gasteiger partial charge in [-0.25, -0.2) is 4.39 Å². The van der Waals surface area contributed by atoms with Gasteiger partial charge in [0.15, 0.2) is 0 Å². The molecule has 1 N–H and O–H groups in total. The summed E-state index contributed by atoms with van der Waals surface area (Å²) in [7, 11) is 1.69. The van der Waals surface area contributed by atoms with Crippen molar-refractivity contribution in [1.82, 2.24) is 9.80 Å². The summed E-state index contributed by atoms with van der Waals surface area (Å²) >= 11 is 0. The Morgan fingerprint density at radius 1 is 1.48 bits per heavy atom. The number of hydrogen-bond donors (Lipinski definition) is 1. The van der Waals surface area contributed by atoms with E-state index in [-0.39, 0.29) is 17.8 Å². The Hall–Kier alpha value is -1.97. The van der Waals surface area contributed by atoms with Crippen molar-refractivity contribution in [1.29, 1.82) is 5.26 Å². The van der Waals surface area contributed by atoms with Crippen molar-refractivity contribution in [3.8, 4) is 6.07 Å². The first kappa shape index (κ1) is 17.4. The number of halogens is 1. The van der Waals surface area contributed by atoms with E-state index >= 15 is 0 Å². The highest BCUT2D eigenvalue weighted by Crippen LogP contribution is 2.32. The first-order chi connectivity index (χ1) is 11.0. The topological polar surface area (TPSA) is 67.6 Å². The first-order valence-corrected chi connectivity index (χ1v) is 7.79. The SMILES string of the molecule is CN(CCC#N)C(=O)CCN1C[C@@H](O)C[C@H]1c1ccc(F)cc1. The fraction of sp³-hybridized carbons (Fsp3) is 0.529. The molecule has 1 heterocycles. The van der Waals surface area contributed by atoms with Gasteiger partial charge < -0.3 is 10.0 Å². The van der Waals surface area contributed by atoms with Crippen LogP contribution >= 0.6 is 0 Å². The van der Waals surface area contributed by atoms with Crippen LogP contribution in [0.25, 0.3) is 0 Å². The van der Waals surface area contributed by atoms with Gasteiger partial charge in [-0.15, -0.1) is 0 Å². The molecule has 1 aromatic rings. The van der Waals surface area contributed by atoms with Crippen LogP contribution in [0.2, 0.25) is 0 Å². The average molecular weight is 319 g/mol. The van der Waals surface area contributed by atoms with Crippen LogP contribution in [-0.2, 0) is 4.79 Å². The molecule has 0 bridgehead atoms. The summed E-state index contributed by atoms with van der Waals surface area (Å²) in [5.41, 5.74) is 0.952. The number of nitriles is 1. The van der Waals surface area contributed by atoms with E-state index in [0.717, 1.165) is 5.56 Å². The van der Waals surface area contributed by atoms with E-state index in [9.17, 15) is 14.3 Å². The van der Waals surface area contributed by atoms with Crippen LogP contribution in [0.1, 0.15) is 30.9 Å². The quantitative estimate of drug-likeness (QED) is 0.866. The number of hydrogen-bond acceptors (Lipinski definition) is 4. The van der Waals surface area contributed by atoms with Crippen molar-refractivity contribution < 1.29 is 14.3 Å². The van der Waals surface area contributed by atoms with Crippen LogP contribution in [0.15, 0.2) is 24.3 Å². The zero-order chi connectivity index (χ0) is 16.8. The van der Waals surface area contributed by atoms with Gasteiger partial charge >= 0.3 is 0 Å². The monoisotopic (exact) mass is 319 g/mol. The molecule has 0 saturated carbocycles. The molecule has 0 spiro atoms. The van der Waals surface area contributed by atoms with Crippen LogP contribution in [0.3, 0.4) is 0 Å². The van der Waals surface area contributed by atoms with Crippen molar-refractivity contribution in [2.24, 2.45) is 0 Å². The molecule has 23 heavy (non-hydrogen) atoms. The van der Waals surface area contributed by atoms with Crippen molar-refractivity contribution in [3.63, 3.8) is 0 Å². The number of rotatable bonds is 6. The molecule has 0 aliphatic carbocycles. The largest absolute Gasteiger partial charge is 0.392 e. The van der Waals surface area contributed by atoms with Gasteiger partial charge in [0.25, 0.3) is 0 Å². The van der Waals surface area contributed by atoms with E-state index in [1.807, 2.05) is 6.07 Å². The molecule has 0 unspecified atom stereocenters. The number of β-amino-alcohol motifs (C(OH)–C–C–N with tert-alkyl or cyclic N) is 1. The molecule has 0 aromatic heterocycles. The highest BCUT2D eigenvalue weighted by molar-refractivity contribution is 5.76. The van der Waals surface area contributed by atoms with Crippen LogP contribution in [0.5, 0.6) is 0 Å². The van der Waals surface area contributed by atoms with Gasteiger partial charge in [-0.3, -0.25) is 9.69 Å². The maximum Gasteiger partial charge on any atom is 0.223 e. The van der Waals surface area contributed by atoms with E-state index in [2.05, 4.69) is 4.90 Å². The minimum absolute atomic E-state index is 0.00261. The Bertz CT molecular complexity index is 570. The van der Waals surface area contributed by atoms with Crippen molar-refractivity contribution in [2.45, 2.75) is 31.4 Å². The van der Waals surface area contributed by atoms with Gasteiger partial charge in [0.2, 0.25) is 5.91 Å². The number of likely N-dealkylation sites (tertiary alicyclic amines) is 1. The second-order valence-corrected chi connectivity index (χ2v) is 5.93. The minimum atomic E-state index is -0.434. The lowest BCUT2D eigenvalue weighted by molar-refractivity contribution is -0.130. The summed E-state index contributed by atoms with van der Waals surface area (Å²) in [5, 5.41) is 18.5. The molecule has 1 aliphatic rings. The molecule has 6 heteroatoms. The third kappa shape index (κ3) is 4.75. The number of aliphatic hydroxyl groups excluding tert-OH is 1. The standard InChI is InChI=1S/C17H22FN3O2/c1-20(9-2-8-19)17(23)7-10-21-12-15(22)11-16(21)13-3-5-14(18)6-4-13/h3-6,15-16,22H,2,7,9-12H2,1H3/t15-,16-/m0/s1. The number of nitrogens with zero attached hydrogens (tertiary/aromatic N) is 3. The van der Waals surface area contributed by atoms with Crippen molar-refractivity contribution >= 4 is 5.91 Å². The molecule has 2 rings (SSSR count). The summed E-state index contributed by atoms with van der Waals surface area (Å²) in [6, 6.07) is 8.31. The fourth-order valence-electron chi connectivity index (χ4n) is 2.93. The van der Waals surface area contributed by atoms with Crippen molar-refractivity contribution in [3.05, 3.63) is 35.6 Å². The molecule has 124 valence electrons. The zero-order valence-corrected chi connectivity index (χ0v) is 13.3. The summed E-state index contributed by atoms with van der Waals surface area (Å²) in [5.74, 6) is -0.298. The van der Waals surface area contributed by atoms with Crippen LogP contribution < -0.4 is 0 Å². The molecule has 1 aromatic carbocycles. The zero-order valence-electron chi connectivity index (χ0n) is 13.3. The molecule has 2 atom stereocenters. The molecule has 5 nitrogen and oxygen atoms in total. The number of benzene rings is 1. The van der Waals surface area contributed by atoms with E-state index in [1.165, 1.54) is 12.1 Å². The van der Waals surface area contributed by atoms with Crippen LogP contribution in [0.4, 0.5) is 4.39 Å². The smallest absolute Gasteiger partial charge is 0.223 e. The van der Waals surface area contributed by atoms with Gasteiger partial charge in [0, 0.05) is 39.1 Å². The molecule has 1 amide bonds. The normalized spacial score (nSPS) is 21.1. The Morgan fingerprint density at radius 2 is 2.17 bits per heavy atom. The van der Waals surface area contributed by atoms with E-state index < -0.39 is 6.10 Å². The maximum absolute atomic E-state index is 13.1. The summed E-state index contributed by atoms with van der Waals surface area (Å²) in [6.45, 7) is 1.48. The Morgan fingerprint density at radius 3 is 2.83 bits per heavy atom. The summed E-state index contributed by atoms with van der Waals surface area (Å²) in [6.07, 6.45) is 0.815. The lowest BCUT2D eigenvalue weighted by atomic mass is 10.0. The highest BCUT2D eigenvalue weighted by Gasteiger charge is 2.32. The molecule has 0 radical (unpaired) electrons. The lowest BCUT2D eigenvalue weighted by Gasteiger charge is -2.25. The van der Waals surface area contributed by atoms with Gasteiger partial charge in [-0.1, -0.05) is 12.1 Å². The maximum atomic E-state index is 13.1. The third-order valence-corrected chi connectivity index (χ3v) is 4.23. The number of carbonyl (C=O) groups excluding carboxylic acids is 1. The Balaban J connectivity index is 1.93. The molecule has 1 fully saturated rings. The fourth-order valence-corrected chi connectivity index (χ4v) is 2.93. The van der Waals surface area contributed by atoms with Crippen LogP contribution in [-0.4, -0.2) is 53.6 Å². The van der Waals surface area contributed by atoms with E-state index in [4.69, 9.17) is 5.26 Å². The molecule has 1 saturated heterocycles. The van der Waals surface area contributed by atoms with Gasteiger partial charge in [0.05, 0.1) is 18.6 Å². The van der Waals surface area contributed by atoms with Crippen molar-refractivity contribution in [2.75, 3.05) is 26.7 Å². The lowest BCUT2D eigenvalue weighted by Crippen LogP contribution is -2.33. The number of carbonyl (C=O) groups is 1. The number of amides is 1. The second kappa shape index (κ2) is 8.04. The summed E-state index contributed by atoms with van der Waals surface area (Å²) in [4.78, 5) is 15.7. The minimum Gasteiger partial charge on any atom is -0.392 e. The molecule has 1 aliphatic heterocycles. The van der Waals surface area contributed by atoms with Crippen LogP contribution in [0, 0.1) is 17.1 Å². The third-order valence-electron chi connectivity index (χ3n) is 4.23. The van der Waals surface area contributed by atoms with Gasteiger partial charge in [-0.2, -0.15) is 5.26 Å². The Kier molecular flexibility index (Phi) is 6.08. The van der Waals surface area contributed by atoms with Gasteiger partial charge in [0.1, 0.15) is 5.82 Å². The molecular formula is C17H22FN3O2. The first-order valence-electron chi connectivity index (χ1n) is 7.79. The predicted octanol–water partition coefficient (Wildman–Crippen LogP) is 1.70. The second-order valence-electron chi connectivity index (χ2n) is 5.93. The highest BCUT2D eigenvalue weighted by atomic mass is 19.1. The Labute approximate surface area is 135 Å². The van der Waals surface area contributed by atoms with E-state index in [0.29, 0.717) is 38.9 Å². The number of aliphatic hydroxyl groups is 1. The summed E-state index contributed by atoms with van der Waals surface area (Å²) < 4.78 is 13.1. The molecular weight excluding hydrogens is 297 g/mol. The van der Waals surface area contributed by atoms with Gasteiger partial charge in [-0.05, 0) is 24.1 Å². The average Bonchev–Trinajstić information content (AvgIpc) is 2.91. The van der Waals surface area contributed by atoms with E-state index in [1.54, 1.807) is 24.1 Å². The predicted molar refractivity (Wildman–Crippen MR) is 83.8 cm³/mol.